The van der Waals surface area contributed by atoms with Gasteiger partial charge in [0.25, 0.3) is 11.8 Å². The number of pyridine rings is 2. The van der Waals surface area contributed by atoms with Gasteiger partial charge < -0.3 is 25.6 Å². The predicted octanol–water partition coefficient (Wildman–Crippen LogP) is 2.44. The summed E-state index contributed by atoms with van der Waals surface area (Å²) in [6.07, 6.45) is 10.4. The van der Waals surface area contributed by atoms with E-state index in [2.05, 4.69) is 41.0 Å². The van der Waals surface area contributed by atoms with Gasteiger partial charge in [0.1, 0.15) is 17.7 Å². The minimum Gasteiger partial charge on any atom is -0.489 e. The summed E-state index contributed by atoms with van der Waals surface area (Å²) < 4.78 is 5.98. The van der Waals surface area contributed by atoms with E-state index in [-0.39, 0.29) is 17.5 Å². The topological polar surface area (TPSA) is 137 Å². The number of carbonyl (C=O) groups is 2. The lowest BCUT2D eigenvalue weighted by molar-refractivity contribution is 0.102. The van der Waals surface area contributed by atoms with E-state index < -0.39 is 11.8 Å². The molecule has 11 heteroatoms. The Morgan fingerprint density at radius 2 is 1.86 bits per heavy atom. The van der Waals surface area contributed by atoms with E-state index >= 15 is 0 Å². The Bertz CT molecular complexity index is 1170. The van der Waals surface area contributed by atoms with E-state index in [1.54, 1.807) is 18.5 Å². The number of hydrogen-bond donors (Lipinski definition) is 4. The highest BCUT2D eigenvalue weighted by atomic mass is 16.5. The number of rotatable bonds is 7. The third-order valence-electron chi connectivity index (χ3n) is 6.10. The number of nitrogens with zero attached hydrogens (tertiary/aromatic N) is 4. The Morgan fingerprint density at radius 3 is 2.63 bits per heavy atom. The minimum atomic E-state index is -0.460. The van der Waals surface area contributed by atoms with Gasteiger partial charge in [-0.15, -0.1) is 0 Å². The van der Waals surface area contributed by atoms with Crippen molar-refractivity contribution >= 4 is 29.0 Å². The monoisotopic (exact) mass is 476 g/mol. The highest BCUT2D eigenvalue weighted by molar-refractivity contribution is 6.11. The zero-order chi connectivity index (χ0) is 24.0. The summed E-state index contributed by atoms with van der Waals surface area (Å²) in [5.74, 6) is 0.562. The zero-order valence-electron chi connectivity index (χ0n) is 19.3. The van der Waals surface area contributed by atoms with Crippen molar-refractivity contribution in [3.63, 3.8) is 0 Å². The van der Waals surface area contributed by atoms with Gasteiger partial charge in [-0.25, -0.2) is 4.98 Å². The van der Waals surface area contributed by atoms with Crippen molar-refractivity contribution in [1.82, 2.24) is 25.5 Å². The maximum absolute atomic E-state index is 12.8. The summed E-state index contributed by atoms with van der Waals surface area (Å²) in [5, 5.41) is 15.4. The first kappa shape index (κ1) is 22.8. The Kier molecular flexibility index (Phi) is 6.85. The van der Waals surface area contributed by atoms with Crippen LogP contribution in [0.25, 0.3) is 0 Å². The third kappa shape index (κ3) is 5.57. The van der Waals surface area contributed by atoms with Gasteiger partial charge in [-0.3, -0.25) is 19.7 Å². The van der Waals surface area contributed by atoms with E-state index in [4.69, 9.17) is 4.74 Å². The van der Waals surface area contributed by atoms with Crippen molar-refractivity contribution in [3.05, 3.63) is 54.2 Å². The van der Waals surface area contributed by atoms with Crippen molar-refractivity contribution in [3.8, 4) is 5.75 Å². The molecule has 182 valence electrons. The van der Waals surface area contributed by atoms with Crippen LogP contribution in [-0.2, 0) is 0 Å². The summed E-state index contributed by atoms with van der Waals surface area (Å²) in [6.45, 7) is 3.81. The first-order valence-corrected chi connectivity index (χ1v) is 11.9. The van der Waals surface area contributed by atoms with Crippen molar-refractivity contribution < 1.29 is 14.3 Å². The van der Waals surface area contributed by atoms with Crippen LogP contribution in [0.1, 0.15) is 46.5 Å². The number of piperidine rings is 1. The van der Waals surface area contributed by atoms with Gasteiger partial charge in [-0.1, -0.05) is 0 Å². The van der Waals surface area contributed by atoms with E-state index in [9.17, 15) is 9.59 Å². The molecule has 0 aromatic carbocycles. The standard InChI is InChI=1S/C24H28N8O3/c33-23(16-11-19(14-26-12-16)35-18-5-7-25-8-6-18)30-20-15-28-31-22(20)24(34)29-17-3-4-21(27-13-17)32-9-1-2-10-32/h3-4,11-15,18,25H,1-2,5-10H2,(H,28,31)(H,29,34)(H,30,33). The number of ether oxygens (including phenoxy) is 1. The largest absolute Gasteiger partial charge is 0.489 e. The molecule has 3 aromatic heterocycles. The molecule has 11 nitrogen and oxygen atoms in total. The highest BCUT2D eigenvalue weighted by Crippen LogP contribution is 2.21. The SMILES string of the molecule is O=C(Nc1c[nH]nc1C(=O)Nc1ccc(N2CCCC2)nc1)c1cncc(OC2CCNCC2)c1. The first-order valence-electron chi connectivity index (χ1n) is 11.9. The molecule has 2 amide bonds. The average Bonchev–Trinajstić information content (AvgIpc) is 3.58. The van der Waals surface area contributed by atoms with Crippen LogP contribution < -0.4 is 25.6 Å². The molecule has 0 unspecified atom stereocenters. The van der Waals surface area contributed by atoms with E-state index in [0.717, 1.165) is 44.8 Å². The van der Waals surface area contributed by atoms with Gasteiger partial charge in [0.15, 0.2) is 5.69 Å². The highest BCUT2D eigenvalue weighted by Gasteiger charge is 2.20. The number of nitrogens with one attached hydrogen (secondary N) is 4. The second-order valence-corrected chi connectivity index (χ2v) is 8.63. The van der Waals surface area contributed by atoms with Crippen molar-refractivity contribution in [2.24, 2.45) is 0 Å². The summed E-state index contributed by atoms with van der Waals surface area (Å²) >= 11 is 0. The van der Waals surface area contributed by atoms with E-state index in [0.29, 0.717) is 17.0 Å². The number of aromatic nitrogens is 4. The van der Waals surface area contributed by atoms with Crippen LogP contribution in [0.4, 0.5) is 17.2 Å². The predicted molar refractivity (Wildman–Crippen MR) is 131 cm³/mol. The third-order valence-corrected chi connectivity index (χ3v) is 6.10. The van der Waals surface area contributed by atoms with Crippen LogP contribution in [0, 0.1) is 0 Å². The van der Waals surface area contributed by atoms with Crippen LogP contribution in [0.3, 0.4) is 0 Å². The molecule has 3 aromatic rings. The van der Waals surface area contributed by atoms with Crippen LogP contribution in [-0.4, -0.2) is 64.3 Å². The zero-order valence-corrected chi connectivity index (χ0v) is 19.3. The molecule has 2 aliphatic heterocycles. The van der Waals surface area contributed by atoms with Crippen molar-refractivity contribution in [2.75, 3.05) is 41.7 Å². The average molecular weight is 477 g/mol. The van der Waals surface area contributed by atoms with E-state index in [1.165, 1.54) is 25.2 Å². The number of anilines is 3. The molecule has 0 radical (unpaired) electrons. The fourth-order valence-electron chi connectivity index (χ4n) is 4.25. The summed E-state index contributed by atoms with van der Waals surface area (Å²) in [4.78, 5) is 36.5. The number of amides is 2. The van der Waals surface area contributed by atoms with Crippen molar-refractivity contribution in [2.45, 2.75) is 31.8 Å². The Balaban J connectivity index is 1.21. The molecule has 5 heterocycles. The number of H-pyrrole nitrogens is 1. The summed E-state index contributed by atoms with van der Waals surface area (Å²) in [6, 6.07) is 5.35. The molecule has 2 aliphatic rings. The number of hydrogen-bond acceptors (Lipinski definition) is 8. The lowest BCUT2D eigenvalue weighted by atomic mass is 10.1. The fourth-order valence-corrected chi connectivity index (χ4v) is 4.25. The second kappa shape index (κ2) is 10.5. The Morgan fingerprint density at radius 1 is 1.03 bits per heavy atom. The van der Waals surface area contributed by atoms with Gasteiger partial charge in [0.05, 0.1) is 29.3 Å². The van der Waals surface area contributed by atoms with Crippen LogP contribution in [0.15, 0.2) is 43.0 Å². The lowest BCUT2D eigenvalue weighted by Crippen LogP contribution is -2.34. The molecule has 0 aliphatic carbocycles. The van der Waals surface area contributed by atoms with E-state index in [1.807, 2.05) is 12.1 Å². The maximum atomic E-state index is 12.8. The molecule has 35 heavy (non-hydrogen) atoms. The fraction of sp³-hybridized carbons (Fsp3) is 0.375. The first-order chi connectivity index (χ1) is 17.2. The normalized spacial score (nSPS) is 16.2. The summed E-state index contributed by atoms with van der Waals surface area (Å²) in [7, 11) is 0. The van der Waals surface area contributed by atoms with Gasteiger partial charge >= 0.3 is 0 Å². The molecular formula is C24H28N8O3. The molecule has 0 atom stereocenters. The number of aromatic amines is 1. The molecular weight excluding hydrogens is 448 g/mol. The van der Waals surface area contributed by atoms with Crippen molar-refractivity contribution in [1.29, 1.82) is 0 Å². The molecule has 0 bridgehead atoms. The Hall–Kier alpha value is -3.99. The maximum Gasteiger partial charge on any atom is 0.278 e. The smallest absolute Gasteiger partial charge is 0.278 e. The Labute approximate surface area is 202 Å². The van der Waals surface area contributed by atoms with Gasteiger partial charge in [-0.2, -0.15) is 5.10 Å². The summed E-state index contributed by atoms with van der Waals surface area (Å²) in [5.41, 5.74) is 1.20. The molecule has 0 saturated carbocycles. The minimum absolute atomic E-state index is 0.0667. The molecule has 2 saturated heterocycles. The number of carbonyl (C=O) groups excluding carboxylic acids is 2. The van der Waals surface area contributed by atoms with Crippen LogP contribution in [0.2, 0.25) is 0 Å². The van der Waals surface area contributed by atoms with Gasteiger partial charge in [0.2, 0.25) is 0 Å². The molecule has 2 fully saturated rings. The quantitative estimate of drug-likeness (QED) is 0.408. The van der Waals surface area contributed by atoms with Crippen LogP contribution >= 0.6 is 0 Å². The molecule has 0 spiro atoms. The van der Waals surface area contributed by atoms with Gasteiger partial charge in [-0.05, 0) is 57.0 Å². The molecule has 5 rings (SSSR count). The van der Waals surface area contributed by atoms with Gasteiger partial charge in [0, 0.05) is 25.5 Å². The van der Waals surface area contributed by atoms with Crippen LogP contribution in [0.5, 0.6) is 5.75 Å². The lowest BCUT2D eigenvalue weighted by Gasteiger charge is -2.23. The second-order valence-electron chi connectivity index (χ2n) is 8.63. The molecule has 4 N–H and O–H groups in total.